The van der Waals surface area contributed by atoms with Gasteiger partial charge in [0.05, 0.1) is 5.69 Å². The minimum atomic E-state index is 0.162. The van der Waals surface area contributed by atoms with Gasteiger partial charge in [-0.15, -0.1) is 0 Å². The number of benzene rings is 3. The first-order chi connectivity index (χ1) is 12.5. The maximum atomic E-state index is 4.78. The fraction of sp³-hybridized carbons (Fsp3) is 0.240. The van der Waals surface area contributed by atoms with Gasteiger partial charge in [0, 0.05) is 17.1 Å². The second kappa shape index (κ2) is 6.25. The molecule has 3 aromatic carbocycles. The molecule has 0 amide bonds. The van der Waals surface area contributed by atoms with Crippen LogP contribution in [0.3, 0.4) is 0 Å². The number of aryl methyl sites for hydroxylation is 1. The Morgan fingerprint density at radius 3 is 2.35 bits per heavy atom. The van der Waals surface area contributed by atoms with Crippen LogP contribution in [0.25, 0.3) is 32.8 Å². The maximum Gasteiger partial charge on any atom is 0.0711 e. The molecule has 1 aromatic heterocycles. The van der Waals surface area contributed by atoms with E-state index in [9.17, 15) is 0 Å². The van der Waals surface area contributed by atoms with Crippen LogP contribution < -0.4 is 0 Å². The molecule has 1 nitrogen and oxygen atoms in total. The first-order valence-corrected chi connectivity index (χ1v) is 9.38. The molecule has 4 aromatic rings. The van der Waals surface area contributed by atoms with Gasteiger partial charge in [-0.3, -0.25) is 4.98 Å². The van der Waals surface area contributed by atoms with E-state index in [-0.39, 0.29) is 5.41 Å². The third-order valence-electron chi connectivity index (χ3n) is 5.26. The normalized spacial score (nSPS) is 12.0. The van der Waals surface area contributed by atoms with Crippen LogP contribution in [0.1, 0.15) is 38.8 Å². The van der Waals surface area contributed by atoms with Gasteiger partial charge in [-0.05, 0) is 45.2 Å². The van der Waals surface area contributed by atoms with Gasteiger partial charge < -0.3 is 0 Å². The van der Waals surface area contributed by atoms with E-state index in [0.29, 0.717) is 0 Å². The number of aromatic nitrogens is 1. The summed E-state index contributed by atoms with van der Waals surface area (Å²) in [6.07, 6.45) is 3.02. The Bertz CT molecular complexity index is 1100. The highest BCUT2D eigenvalue weighted by molar-refractivity contribution is 6.08. The molecule has 26 heavy (non-hydrogen) atoms. The Morgan fingerprint density at radius 1 is 0.808 bits per heavy atom. The Kier molecular flexibility index (Phi) is 4.03. The summed E-state index contributed by atoms with van der Waals surface area (Å²) in [4.78, 5) is 4.78. The summed E-state index contributed by atoms with van der Waals surface area (Å²) in [5, 5.41) is 5.03. The van der Waals surface area contributed by atoms with Gasteiger partial charge in [0.15, 0.2) is 0 Å². The van der Waals surface area contributed by atoms with E-state index >= 15 is 0 Å². The van der Waals surface area contributed by atoms with E-state index in [0.717, 1.165) is 12.1 Å². The number of hydrogen-bond acceptors (Lipinski definition) is 1. The van der Waals surface area contributed by atoms with E-state index in [1.165, 1.54) is 38.2 Å². The van der Waals surface area contributed by atoms with Crippen LogP contribution >= 0.6 is 0 Å². The van der Waals surface area contributed by atoms with Crippen molar-refractivity contribution in [1.82, 2.24) is 4.98 Å². The van der Waals surface area contributed by atoms with Crippen molar-refractivity contribution < 1.29 is 0 Å². The summed E-state index contributed by atoms with van der Waals surface area (Å²) >= 11 is 0. The van der Waals surface area contributed by atoms with Crippen molar-refractivity contribution in [2.45, 2.75) is 39.5 Å². The van der Waals surface area contributed by atoms with Crippen molar-refractivity contribution in [2.24, 2.45) is 0 Å². The van der Waals surface area contributed by atoms with Crippen LogP contribution in [0, 0.1) is 0 Å². The van der Waals surface area contributed by atoms with Gasteiger partial charge in [0.1, 0.15) is 0 Å². The molecule has 0 fully saturated rings. The van der Waals surface area contributed by atoms with Crippen molar-refractivity contribution in [2.75, 3.05) is 0 Å². The van der Waals surface area contributed by atoms with Crippen LogP contribution in [0.4, 0.5) is 0 Å². The van der Waals surface area contributed by atoms with E-state index < -0.39 is 0 Å². The van der Waals surface area contributed by atoms with E-state index in [2.05, 4.69) is 88.4 Å². The lowest BCUT2D eigenvalue weighted by Gasteiger charge is -2.21. The predicted molar refractivity (Wildman–Crippen MR) is 113 cm³/mol. The second-order valence-electron chi connectivity index (χ2n) is 8.05. The third kappa shape index (κ3) is 2.88. The van der Waals surface area contributed by atoms with E-state index in [4.69, 9.17) is 4.98 Å². The number of hydrogen-bond donors (Lipinski definition) is 0. The number of nitrogens with zero attached hydrogens (tertiary/aromatic N) is 1. The molecule has 0 aliphatic heterocycles. The monoisotopic (exact) mass is 339 g/mol. The summed E-state index contributed by atoms with van der Waals surface area (Å²) in [5.74, 6) is 0. The average molecular weight is 339 g/mol. The first kappa shape index (κ1) is 16.8. The Labute approximate surface area is 155 Å². The number of rotatable bonds is 2. The van der Waals surface area contributed by atoms with Crippen LogP contribution in [0.15, 0.2) is 66.9 Å². The van der Waals surface area contributed by atoms with Gasteiger partial charge in [-0.1, -0.05) is 82.3 Å². The number of fused-ring (bicyclic) bond motifs is 3. The van der Waals surface area contributed by atoms with Crippen molar-refractivity contribution >= 4 is 21.5 Å². The third-order valence-corrected chi connectivity index (χ3v) is 5.26. The standard InChI is InChI=1S/C25H25N/c1-5-17-14-20(25(2,3)4)12-13-22(17)24-15-23-19(16-26-24)11-10-18-8-6-7-9-21(18)23/h6-16H,5H2,1-4H3. The van der Waals surface area contributed by atoms with Crippen molar-refractivity contribution in [3.8, 4) is 11.3 Å². The summed E-state index contributed by atoms with van der Waals surface area (Å²) in [5.41, 5.74) is 5.21. The lowest BCUT2D eigenvalue weighted by molar-refractivity contribution is 0.589. The molecule has 0 saturated heterocycles. The molecule has 130 valence electrons. The second-order valence-corrected chi connectivity index (χ2v) is 8.05. The van der Waals surface area contributed by atoms with Gasteiger partial charge in [-0.25, -0.2) is 0 Å². The summed E-state index contributed by atoms with van der Waals surface area (Å²) in [6.45, 7) is 9.02. The molecule has 0 N–H and O–H groups in total. The zero-order chi connectivity index (χ0) is 18.3. The SMILES string of the molecule is CCc1cc(C(C)(C)C)ccc1-c1cc2c(ccc3ccccc32)cn1. The Hall–Kier alpha value is -2.67. The first-order valence-electron chi connectivity index (χ1n) is 9.38. The molecular weight excluding hydrogens is 314 g/mol. The molecule has 0 aliphatic rings. The molecular formula is C25H25N. The fourth-order valence-electron chi connectivity index (χ4n) is 3.65. The van der Waals surface area contributed by atoms with Crippen molar-refractivity contribution in [1.29, 1.82) is 0 Å². The molecule has 0 atom stereocenters. The zero-order valence-electron chi connectivity index (χ0n) is 16.0. The van der Waals surface area contributed by atoms with Gasteiger partial charge in [0.2, 0.25) is 0 Å². The van der Waals surface area contributed by atoms with Gasteiger partial charge >= 0.3 is 0 Å². The lowest BCUT2D eigenvalue weighted by atomic mass is 9.84. The van der Waals surface area contributed by atoms with Crippen LogP contribution in [-0.2, 0) is 11.8 Å². The molecule has 4 rings (SSSR count). The molecule has 1 heteroatoms. The van der Waals surface area contributed by atoms with Crippen LogP contribution in [0.2, 0.25) is 0 Å². The highest BCUT2D eigenvalue weighted by atomic mass is 14.7. The van der Waals surface area contributed by atoms with Crippen LogP contribution in [0.5, 0.6) is 0 Å². The predicted octanol–water partition coefficient (Wildman–Crippen LogP) is 6.91. The summed E-state index contributed by atoms with van der Waals surface area (Å²) < 4.78 is 0. The van der Waals surface area contributed by atoms with Gasteiger partial charge in [0.25, 0.3) is 0 Å². The highest BCUT2D eigenvalue weighted by Gasteiger charge is 2.16. The van der Waals surface area contributed by atoms with E-state index in [1.807, 2.05) is 6.20 Å². The minimum absolute atomic E-state index is 0.162. The van der Waals surface area contributed by atoms with Gasteiger partial charge in [-0.2, -0.15) is 0 Å². The average Bonchev–Trinajstić information content (AvgIpc) is 2.66. The largest absolute Gasteiger partial charge is 0.256 e. The minimum Gasteiger partial charge on any atom is -0.256 e. The van der Waals surface area contributed by atoms with Crippen LogP contribution in [-0.4, -0.2) is 4.98 Å². The van der Waals surface area contributed by atoms with Crippen molar-refractivity contribution in [3.63, 3.8) is 0 Å². The molecule has 0 aliphatic carbocycles. The Balaban J connectivity index is 1.93. The lowest BCUT2D eigenvalue weighted by Crippen LogP contribution is -2.11. The maximum absolute atomic E-state index is 4.78. The number of pyridine rings is 1. The summed E-state index contributed by atoms with van der Waals surface area (Å²) in [6, 6.07) is 22.0. The highest BCUT2D eigenvalue weighted by Crippen LogP contribution is 2.32. The smallest absolute Gasteiger partial charge is 0.0711 e. The molecule has 1 heterocycles. The molecule has 0 bridgehead atoms. The topological polar surface area (TPSA) is 12.9 Å². The summed E-state index contributed by atoms with van der Waals surface area (Å²) in [7, 11) is 0. The quantitative estimate of drug-likeness (QED) is 0.361. The molecule has 0 spiro atoms. The molecule has 0 radical (unpaired) electrons. The fourth-order valence-corrected chi connectivity index (χ4v) is 3.65. The molecule has 0 saturated carbocycles. The Morgan fingerprint density at radius 2 is 1.58 bits per heavy atom. The molecule has 0 unspecified atom stereocenters. The van der Waals surface area contributed by atoms with E-state index in [1.54, 1.807) is 0 Å². The van der Waals surface area contributed by atoms with Crippen molar-refractivity contribution in [3.05, 3.63) is 78.0 Å². The zero-order valence-corrected chi connectivity index (χ0v) is 16.0.